The third-order valence-corrected chi connectivity index (χ3v) is 4.15. The minimum absolute atomic E-state index is 0.758. The number of hydrogen-bond acceptors (Lipinski definition) is 1. The molecule has 0 bridgehead atoms. The molecule has 0 atom stereocenters. The topological polar surface area (TPSA) is 0 Å². The molecule has 1 aromatic heterocycles. The van der Waals surface area contributed by atoms with Crippen molar-refractivity contribution in [1.82, 2.24) is 0 Å². The van der Waals surface area contributed by atoms with Crippen LogP contribution in [-0.2, 0) is 0 Å². The summed E-state index contributed by atoms with van der Waals surface area (Å²) in [5.74, 6) is 0. The molecular formula is C6H8SSe. The average molecular weight is 191 g/mol. The van der Waals surface area contributed by atoms with E-state index in [4.69, 9.17) is 0 Å². The van der Waals surface area contributed by atoms with Crippen LogP contribution >= 0.6 is 11.3 Å². The molecular weight excluding hydrogens is 183 g/mol. The van der Waals surface area contributed by atoms with Crippen molar-refractivity contribution in [1.29, 1.82) is 0 Å². The van der Waals surface area contributed by atoms with Crippen molar-refractivity contribution in [3.8, 4) is 0 Å². The fourth-order valence-electron chi connectivity index (χ4n) is 0.488. The predicted molar refractivity (Wildman–Crippen MR) is 40.2 cm³/mol. The first kappa shape index (κ1) is 6.34. The zero-order valence-electron chi connectivity index (χ0n) is 4.76. The van der Waals surface area contributed by atoms with Gasteiger partial charge in [-0.2, -0.15) is 0 Å². The molecule has 0 saturated carbocycles. The molecule has 0 N–H and O–H groups in total. The standard InChI is InChI=1S/C6H8SSe/c1-2-8-6-4-3-5-7-6/h3-5H,2H2,1H3. The van der Waals surface area contributed by atoms with Crippen LogP contribution in [0.15, 0.2) is 17.5 Å². The first-order valence-corrected chi connectivity index (χ1v) is 5.54. The molecule has 0 radical (unpaired) electrons. The Morgan fingerprint density at radius 2 is 2.62 bits per heavy atom. The minimum atomic E-state index is 0.758. The van der Waals surface area contributed by atoms with E-state index in [9.17, 15) is 0 Å². The van der Waals surface area contributed by atoms with Crippen molar-refractivity contribution < 1.29 is 0 Å². The van der Waals surface area contributed by atoms with E-state index >= 15 is 0 Å². The number of thiophene rings is 1. The van der Waals surface area contributed by atoms with Crippen LogP contribution in [0.25, 0.3) is 0 Å². The molecule has 1 rings (SSSR count). The molecule has 1 heterocycles. The van der Waals surface area contributed by atoms with E-state index in [2.05, 4.69) is 24.4 Å². The van der Waals surface area contributed by atoms with Crippen LogP contribution in [-0.4, -0.2) is 15.0 Å². The first-order valence-electron chi connectivity index (χ1n) is 2.60. The summed E-state index contributed by atoms with van der Waals surface area (Å²) in [6.45, 7) is 2.24. The molecule has 0 saturated heterocycles. The molecule has 0 amide bonds. The number of rotatable bonds is 2. The summed E-state index contributed by atoms with van der Waals surface area (Å²) >= 11 is 2.63. The van der Waals surface area contributed by atoms with Crippen LogP contribution < -0.4 is 3.78 Å². The second-order valence-electron chi connectivity index (χ2n) is 1.37. The van der Waals surface area contributed by atoms with Gasteiger partial charge in [0.2, 0.25) is 0 Å². The summed E-state index contributed by atoms with van der Waals surface area (Å²) in [7, 11) is 0. The van der Waals surface area contributed by atoms with Crippen LogP contribution in [0, 0.1) is 0 Å². The maximum atomic E-state index is 2.24. The average Bonchev–Trinajstić information content (AvgIpc) is 2.19. The van der Waals surface area contributed by atoms with Crippen molar-refractivity contribution in [2.75, 3.05) is 0 Å². The third kappa shape index (κ3) is 1.62. The summed E-state index contributed by atoms with van der Waals surface area (Å²) in [6, 6.07) is 4.34. The summed E-state index contributed by atoms with van der Waals surface area (Å²) in [5, 5.41) is 3.47. The summed E-state index contributed by atoms with van der Waals surface area (Å²) in [5.41, 5.74) is 0. The maximum absolute atomic E-state index is 2.24. The van der Waals surface area contributed by atoms with Gasteiger partial charge in [-0.1, -0.05) is 0 Å². The summed E-state index contributed by atoms with van der Waals surface area (Å²) in [6.07, 6.45) is 0. The Kier molecular flexibility index (Phi) is 2.60. The molecule has 0 aliphatic carbocycles. The SMILES string of the molecule is CC[Se]c1cccs1. The molecule has 0 aliphatic heterocycles. The first-order chi connectivity index (χ1) is 3.93. The van der Waals surface area contributed by atoms with Crippen molar-refractivity contribution >= 4 is 30.1 Å². The second-order valence-corrected chi connectivity index (χ2v) is 5.64. The van der Waals surface area contributed by atoms with Crippen molar-refractivity contribution in [3.63, 3.8) is 0 Å². The molecule has 0 fully saturated rings. The monoisotopic (exact) mass is 192 g/mol. The van der Waals surface area contributed by atoms with Gasteiger partial charge in [0.25, 0.3) is 0 Å². The molecule has 0 unspecified atom stereocenters. The van der Waals surface area contributed by atoms with Gasteiger partial charge in [0.1, 0.15) is 0 Å². The Labute approximate surface area is 60.1 Å². The van der Waals surface area contributed by atoms with Gasteiger partial charge in [0.15, 0.2) is 0 Å². The Hall–Kier alpha value is 0.219. The van der Waals surface area contributed by atoms with E-state index in [0.717, 1.165) is 15.0 Å². The normalized spacial score (nSPS) is 9.62. The molecule has 8 heavy (non-hydrogen) atoms. The van der Waals surface area contributed by atoms with Gasteiger partial charge >= 0.3 is 59.8 Å². The molecule has 0 spiro atoms. The Morgan fingerprint density at radius 1 is 1.75 bits per heavy atom. The zero-order chi connectivity index (χ0) is 5.82. The van der Waals surface area contributed by atoms with Gasteiger partial charge in [0, 0.05) is 0 Å². The van der Waals surface area contributed by atoms with Gasteiger partial charge in [-0.3, -0.25) is 0 Å². The van der Waals surface area contributed by atoms with E-state index < -0.39 is 0 Å². The third-order valence-electron chi connectivity index (χ3n) is 0.782. The van der Waals surface area contributed by atoms with Crippen LogP contribution in [0.3, 0.4) is 0 Å². The van der Waals surface area contributed by atoms with Gasteiger partial charge in [-0.05, 0) is 0 Å². The zero-order valence-corrected chi connectivity index (χ0v) is 7.29. The van der Waals surface area contributed by atoms with Crippen molar-refractivity contribution in [2.45, 2.75) is 12.2 Å². The van der Waals surface area contributed by atoms with Crippen molar-refractivity contribution in [2.24, 2.45) is 0 Å². The van der Waals surface area contributed by atoms with Gasteiger partial charge < -0.3 is 0 Å². The van der Waals surface area contributed by atoms with E-state index in [1.54, 1.807) is 3.78 Å². The van der Waals surface area contributed by atoms with Crippen LogP contribution in [0.2, 0.25) is 5.32 Å². The Bertz CT molecular complexity index is 134. The van der Waals surface area contributed by atoms with Crippen LogP contribution in [0.1, 0.15) is 6.92 Å². The molecule has 0 nitrogen and oxygen atoms in total. The molecule has 2 heteroatoms. The van der Waals surface area contributed by atoms with Crippen LogP contribution in [0.4, 0.5) is 0 Å². The Morgan fingerprint density at radius 3 is 3.12 bits per heavy atom. The fourth-order valence-corrected chi connectivity index (χ4v) is 3.36. The van der Waals surface area contributed by atoms with E-state index in [1.165, 1.54) is 5.32 Å². The van der Waals surface area contributed by atoms with Gasteiger partial charge in [-0.25, -0.2) is 0 Å². The predicted octanol–water partition coefficient (Wildman–Crippen LogP) is 1.52. The van der Waals surface area contributed by atoms with Gasteiger partial charge in [0.05, 0.1) is 0 Å². The van der Waals surface area contributed by atoms with Gasteiger partial charge in [-0.15, -0.1) is 0 Å². The van der Waals surface area contributed by atoms with Crippen molar-refractivity contribution in [3.05, 3.63) is 17.5 Å². The quantitative estimate of drug-likeness (QED) is 0.622. The van der Waals surface area contributed by atoms with E-state index in [-0.39, 0.29) is 0 Å². The molecule has 1 aromatic rings. The van der Waals surface area contributed by atoms with E-state index in [0.29, 0.717) is 0 Å². The fraction of sp³-hybridized carbons (Fsp3) is 0.333. The summed E-state index contributed by atoms with van der Waals surface area (Å²) < 4.78 is 1.57. The second kappa shape index (κ2) is 3.29. The van der Waals surface area contributed by atoms with Crippen LogP contribution in [0.5, 0.6) is 0 Å². The molecule has 0 aromatic carbocycles. The number of hydrogen-bond donors (Lipinski definition) is 0. The summed E-state index contributed by atoms with van der Waals surface area (Å²) in [4.78, 5) is 0. The molecule has 0 aliphatic rings. The molecule has 44 valence electrons. The van der Waals surface area contributed by atoms with E-state index in [1.807, 2.05) is 11.3 Å². The Balaban J connectivity index is 2.50.